The highest BCUT2D eigenvalue weighted by atomic mass is 32.2. The van der Waals surface area contributed by atoms with Gasteiger partial charge in [0.25, 0.3) is 5.91 Å². The van der Waals surface area contributed by atoms with Crippen LogP contribution in [-0.2, 0) is 33.5 Å². The molecule has 0 aliphatic carbocycles. The van der Waals surface area contributed by atoms with Crippen LogP contribution in [0.5, 0.6) is 23.0 Å². The molecule has 2 amide bonds. The van der Waals surface area contributed by atoms with E-state index >= 15 is 0 Å². The highest BCUT2D eigenvalue weighted by Crippen LogP contribution is 2.45. The molecule has 0 saturated carbocycles. The minimum atomic E-state index is -4.04. The molecule has 12 heteroatoms. The van der Waals surface area contributed by atoms with Gasteiger partial charge in [-0.2, -0.15) is 0 Å². The number of fused-ring (bicyclic) bond motifs is 2. The number of methoxy groups -OCH3 is 2. The van der Waals surface area contributed by atoms with Crippen molar-refractivity contribution in [3.63, 3.8) is 0 Å². The average molecular weight is 634 g/mol. The number of aryl methyl sites for hydroxylation is 1. The number of anilines is 1. The van der Waals surface area contributed by atoms with Gasteiger partial charge in [-0.1, -0.05) is 18.2 Å². The van der Waals surface area contributed by atoms with Gasteiger partial charge in [-0.3, -0.25) is 19.3 Å². The molecule has 0 unspecified atom stereocenters. The molecule has 4 aromatic rings. The van der Waals surface area contributed by atoms with E-state index in [9.17, 15) is 18.0 Å². The predicted octanol–water partition coefficient (Wildman–Crippen LogP) is 4.71. The van der Waals surface area contributed by atoms with Gasteiger partial charge < -0.3 is 23.8 Å². The predicted molar refractivity (Wildman–Crippen MR) is 170 cm³/mol. The summed E-state index contributed by atoms with van der Waals surface area (Å²) in [6.45, 7) is 6.53. The van der Waals surface area contributed by atoms with Crippen LogP contribution in [0, 0.1) is 6.92 Å². The molecule has 0 saturated heterocycles. The number of sulfonamides is 1. The van der Waals surface area contributed by atoms with Crippen LogP contribution >= 0.6 is 0 Å². The highest BCUT2D eigenvalue weighted by Gasteiger charge is 2.37. The third-order valence-corrected chi connectivity index (χ3v) is 8.72. The first kappa shape index (κ1) is 31.6. The molecule has 1 aromatic heterocycles. The standard InChI is InChI=1S/C33H35N3O8S/c1-6-43-31-22-10-9-15-34-30(22)32(44-7-2)24-18-36(33(38)29(24)31)25-14-13-21(16-20(25)3)19-45(39,40)35-28(37)17-23-26(41-4)11-8-12-27(23)42-5/h8-16H,6-7,17-19H2,1-5H3,(H,35,37). The number of carbonyl (C=O) groups is 2. The molecule has 236 valence electrons. The highest BCUT2D eigenvalue weighted by molar-refractivity contribution is 7.89. The number of ether oxygens (including phenoxy) is 4. The number of benzene rings is 3. The Labute approximate surface area is 262 Å². The van der Waals surface area contributed by atoms with Crippen molar-refractivity contribution in [2.45, 2.75) is 39.5 Å². The van der Waals surface area contributed by atoms with Crippen LogP contribution in [0.3, 0.4) is 0 Å². The van der Waals surface area contributed by atoms with Crippen molar-refractivity contribution in [3.8, 4) is 23.0 Å². The second kappa shape index (κ2) is 13.0. The molecule has 1 N–H and O–H groups in total. The third-order valence-electron chi connectivity index (χ3n) is 7.47. The molecule has 0 bridgehead atoms. The van der Waals surface area contributed by atoms with E-state index in [0.29, 0.717) is 80.6 Å². The van der Waals surface area contributed by atoms with E-state index in [0.717, 1.165) is 0 Å². The van der Waals surface area contributed by atoms with E-state index in [1.165, 1.54) is 14.2 Å². The number of hydrogen-bond donors (Lipinski definition) is 1. The molecular weight excluding hydrogens is 598 g/mol. The molecule has 5 rings (SSSR count). The average Bonchev–Trinajstić information content (AvgIpc) is 3.34. The zero-order valence-corrected chi connectivity index (χ0v) is 26.6. The molecule has 2 heterocycles. The molecule has 0 fully saturated rings. The van der Waals surface area contributed by atoms with Crippen molar-refractivity contribution >= 4 is 38.4 Å². The Hall–Kier alpha value is -4.84. The SMILES string of the molecule is CCOc1c2c(c(OCC)c3ncccc13)CN(c1ccc(CS(=O)(=O)NC(=O)Cc3c(OC)cccc3OC)cc1C)C2=O. The normalized spacial score (nSPS) is 12.6. The van der Waals surface area contributed by atoms with Gasteiger partial charge in [0.2, 0.25) is 15.9 Å². The van der Waals surface area contributed by atoms with Crippen LogP contribution in [0.2, 0.25) is 0 Å². The van der Waals surface area contributed by atoms with Crippen molar-refractivity contribution in [2.24, 2.45) is 0 Å². The van der Waals surface area contributed by atoms with Gasteiger partial charge in [0, 0.05) is 28.4 Å². The second-order valence-corrected chi connectivity index (χ2v) is 12.1. The zero-order valence-electron chi connectivity index (χ0n) is 25.8. The second-order valence-electron chi connectivity index (χ2n) is 10.4. The largest absolute Gasteiger partial charge is 0.496 e. The number of carbonyl (C=O) groups excluding carboxylic acids is 2. The lowest BCUT2D eigenvalue weighted by molar-refractivity contribution is -0.118. The Morgan fingerprint density at radius 3 is 2.31 bits per heavy atom. The van der Waals surface area contributed by atoms with Crippen LogP contribution in [0.4, 0.5) is 5.69 Å². The molecule has 1 aliphatic heterocycles. The topological polar surface area (TPSA) is 133 Å². The van der Waals surface area contributed by atoms with Gasteiger partial charge in [-0.05, 0) is 62.2 Å². The van der Waals surface area contributed by atoms with Gasteiger partial charge in [0.15, 0.2) is 5.75 Å². The summed E-state index contributed by atoms with van der Waals surface area (Å²) in [5.41, 5.74) is 3.95. The lowest BCUT2D eigenvalue weighted by atomic mass is 10.0. The summed E-state index contributed by atoms with van der Waals surface area (Å²) in [6, 6.07) is 13.7. The summed E-state index contributed by atoms with van der Waals surface area (Å²) in [7, 11) is -1.12. The quantitative estimate of drug-likeness (QED) is 0.236. The van der Waals surface area contributed by atoms with Crippen molar-refractivity contribution in [2.75, 3.05) is 32.3 Å². The molecule has 0 spiro atoms. The van der Waals surface area contributed by atoms with Crippen LogP contribution in [0.25, 0.3) is 10.9 Å². The fourth-order valence-electron chi connectivity index (χ4n) is 5.67. The summed E-state index contributed by atoms with van der Waals surface area (Å²) in [6.07, 6.45) is 1.43. The number of amides is 2. The molecule has 45 heavy (non-hydrogen) atoms. The van der Waals surface area contributed by atoms with E-state index in [1.54, 1.807) is 60.5 Å². The van der Waals surface area contributed by atoms with E-state index in [-0.39, 0.29) is 18.9 Å². The molecule has 1 aliphatic rings. The maximum Gasteiger partial charge on any atom is 0.262 e. The van der Waals surface area contributed by atoms with E-state index < -0.39 is 21.7 Å². The van der Waals surface area contributed by atoms with Crippen molar-refractivity contribution in [1.82, 2.24) is 9.71 Å². The van der Waals surface area contributed by atoms with Crippen LogP contribution < -0.4 is 28.6 Å². The fourth-order valence-corrected chi connectivity index (χ4v) is 6.78. The Balaban J connectivity index is 1.38. The van der Waals surface area contributed by atoms with Crippen LogP contribution in [-0.4, -0.2) is 52.6 Å². The van der Waals surface area contributed by atoms with Crippen molar-refractivity contribution < 1.29 is 37.0 Å². The summed E-state index contributed by atoms with van der Waals surface area (Å²) < 4.78 is 50.7. The summed E-state index contributed by atoms with van der Waals surface area (Å²) >= 11 is 0. The first-order chi connectivity index (χ1) is 21.6. The van der Waals surface area contributed by atoms with E-state index in [4.69, 9.17) is 18.9 Å². The van der Waals surface area contributed by atoms with Crippen molar-refractivity contribution in [1.29, 1.82) is 0 Å². The minimum Gasteiger partial charge on any atom is -0.496 e. The van der Waals surface area contributed by atoms with E-state index in [2.05, 4.69) is 9.71 Å². The number of pyridine rings is 1. The van der Waals surface area contributed by atoms with Gasteiger partial charge in [-0.25, -0.2) is 8.42 Å². The summed E-state index contributed by atoms with van der Waals surface area (Å²) in [4.78, 5) is 32.9. The third kappa shape index (κ3) is 6.23. The minimum absolute atomic E-state index is 0.233. The molecular formula is C33H35N3O8S. The molecule has 3 aromatic carbocycles. The molecule has 0 radical (unpaired) electrons. The number of aromatic nitrogens is 1. The fraction of sp³-hybridized carbons (Fsp3) is 0.303. The number of hydrogen-bond acceptors (Lipinski definition) is 9. The van der Waals surface area contributed by atoms with Gasteiger partial charge in [0.05, 0.1) is 51.7 Å². The van der Waals surface area contributed by atoms with Gasteiger partial charge in [0.1, 0.15) is 22.8 Å². The lowest BCUT2D eigenvalue weighted by Gasteiger charge is -2.19. The first-order valence-electron chi connectivity index (χ1n) is 14.5. The lowest BCUT2D eigenvalue weighted by Crippen LogP contribution is -2.33. The summed E-state index contributed by atoms with van der Waals surface area (Å²) in [5.74, 6) is 0.441. The smallest absolute Gasteiger partial charge is 0.262 e. The van der Waals surface area contributed by atoms with Gasteiger partial charge in [-0.15, -0.1) is 0 Å². The number of rotatable bonds is 12. The van der Waals surface area contributed by atoms with Gasteiger partial charge >= 0.3 is 0 Å². The Kier molecular flexibility index (Phi) is 9.14. The van der Waals surface area contributed by atoms with Crippen LogP contribution in [0.1, 0.15) is 46.5 Å². The zero-order chi connectivity index (χ0) is 32.3. The summed E-state index contributed by atoms with van der Waals surface area (Å²) in [5, 5.41) is 0.695. The monoisotopic (exact) mass is 633 g/mol. The first-order valence-corrected chi connectivity index (χ1v) is 16.1. The van der Waals surface area contributed by atoms with E-state index in [1.807, 2.05) is 19.9 Å². The van der Waals surface area contributed by atoms with Crippen molar-refractivity contribution in [3.05, 3.63) is 82.5 Å². The molecule has 0 atom stereocenters. The Bertz CT molecular complexity index is 1870. The maximum absolute atomic E-state index is 13.9. The number of nitrogens with zero attached hydrogens (tertiary/aromatic N) is 2. The maximum atomic E-state index is 13.9. The van der Waals surface area contributed by atoms with Crippen LogP contribution in [0.15, 0.2) is 54.7 Å². The molecule has 11 nitrogen and oxygen atoms in total. The Morgan fingerprint density at radius 2 is 1.67 bits per heavy atom. The Morgan fingerprint density at radius 1 is 0.978 bits per heavy atom. The number of nitrogens with one attached hydrogen (secondary N) is 1.